The van der Waals surface area contributed by atoms with E-state index in [9.17, 15) is 9.90 Å². The maximum atomic E-state index is 9.93. The molecule has 0 unspecified atom stereocenters. The average molecular weight is 176 g/mol. The van der Waals surface area contributed by atoms with Crippen molar-refractivity contribution in [1.82, 2.24) is 0 Å². The summed E-state index contributed by atoms with van der Waals surface area (Å²) < 4.78 is 4.88. The SMILES string of the molecule is COc1ccc(C#CC=O)c(O)c1. The smallest absolute Gasteiger partial charge is 0.193 e. The first-order valence-corrected chi connectivity index (χ1v) is 3.60. The first-order valence-electron chi connectivity index (χ1n) is 3.60. The van der Waals surface area contributed by atoms with Gasteiger partial charge in [0.15, 0.2) is 6.29 Å². The molecule has 3 heteroatoms. The summed E-state index contributed by atoms with van der Waals surface area (Å²) in [4.78, 5) is 9.93. The highest BCUT2D eigenvalue weighted by molar-refractivity contribution is 5.74. The van der Waals surface area contributed by atoms with Crippen LogP contribution in [0.3, 0.4) is 0 Å². The van der Waals surface area contributed by atoms with E-state index in [1.807, 2.05) is 0 Å². The van der Waals surface area contributed by atoms with E-state index in [2.05, 4.69) is 11.8 Å². The molecule has 1 N–H and O–H groups in total. The van der Waals surface area contributed by atoms with E-state index in [0.29, 0.717) is 17.6 Å². The van der Waals surface area contributed by atoms with Gasteiger partial charge in [0.1, 0.15) is 11.5 Å². The second kappa shape index (κ2) is 4.17. The van der Waals surface area contributed by atoms with Gasteiger partial charge in [-0.25, -0.2) is 0 Å². The van der Waals surface area contributed by atoms with Crippen molar-refractivity contribution in [2.24, 2.45) is 0 Å². The number of hydrogen-bond acceptors (Lipinski definition) is 3. The lowest BCUT2D eigenvalue weighted by Crippen LogP contribution is -1.83. The van der Waals surface area contributed by atoms with Crippen LogP contribution < -0.4 is 4.74 Å². The van der Waals surface area contributed by atoms with Crippen molar-refractivity contribution < 1.29 is 14.6 Å². The lowest BCUT2D eigenvalue weighted by atomic mass is 10.2. The van der Waals surface area contributed by atoms with Crippen molar-refractivity contribution in [3.63, 3.8) is 0 Å². The molecule has 0 aliphatic heterocycles. The number of hydrogen-bond donors (Lipinski definition) is 1. The Morgan fingerprint density at radius 2 is 2.31 bits per heavy atom. The number of ether oxygens (including phenoxy) is 1. The van der Waals surface area contributed by atoms with Crippen LogP contribution in [0.2, 0.25) is 0 Å². The number of aromatic hydroxyl groups is 1. The Morgan fingerprint density at radius 1 is 1.54 bits per heavy atom. The summed E-state index contributed by atoms with van der Waals surface area (Å²) in [5.41, 5.74) is 0.410. The number of carbonyl (C=O) groups excluding carboxylic acids is 1. The normalized spacial score (nSPS) is 8.38. The zero-order valence-electron chi connectivity index (χ0n) is 7.07. The second-order valence-electron chi connectivity index (χ2n) is 2.27. The summed E-state index contributed by atoms with van der Waals surface area (Å²) in [7, 11) is 1.51. The van der Waals surface area contributed by atoms with Crippen molar-refractivity contribution in [1.29, 1.82) is 0 Å². The van der Waals surface area contributed by atoms with Gasteiger partial charge < -0.3 is 9.84 Å². The van der Waals surface area contributed by atoms with Crippen LogP contribution in [0.5, 0.6) is 11.5 Å². The van der Waals surface area contributed by atoms with Gasteiger partial charge in [-0.2, -0.15) is 0 Å². The Bertz CT molecular complexity index is 371. The Kier molecular flexibility index (Phi) is 2.93. The summed E-state index contributed by atoms with van der Waals surface area (Å²) in [6.45, 7) is 0. The number of phenolic OH excluding ortho intramolecular Hbond substituents is 1. The molecule has 66 valence electrons. The van der Waals surface area contributed by atoms with Gasteiger partial charge >= 0.3 is 0 Å². The van der Waals surface area contributed by atoms with Crippen molar-refractivity contribution in [3.05, 3.63) is 23.8 Å². The summed E-state index contributed by atoms with van der Waals surface area (Å²) >= 11 is 0. The molecule has 0 aliphatic carbocycles. The molecule has 0 spiro atoms. The van der Waals surface area contributed by atoms with Crippen LogP contribution in [0.25, 0.3) is 0 Å². The van der Waals surface area contributed by atoms with Gasteiger partial charge in [-0.3, -0.25) is 4.79 Å². The van der Waals surface area contributed by atoms with E-state index >= 15 is 0 Å². The summed E-state index contributed by atoms with van der Waals surface area (Å²) in [5, 5.41) is 9.35. The molecule has 0 radical (unpaired) electrons. The standard InChI is InChI=1S/C10H8O3/c1-13-9-5-4-8(3-2-6-11)10(12)7-9/h4-7,12H,1H3. The minimum Gasteiger partial charge on any atom is -0.507 e. The Balaban J connectivity index is 3.05. The lowest BCUT2D eigenvalue weighted by Gasteiger charge is -2.00. The molecule has 1 aromatic carbocycles. The topological polar surface area (TPSA) is 46.5 Å². The molecule has 0 atom stereocenters. The maximum Gasteiger partial charge on any atom is 0.193 e. The van der Waals surface area contributed by atoms with Gasteiger partial charge in [0.05, 0.1) is 12.7 Å². The van der Waals surface area contributed by atoms with Gasteiger partial charge in [0, 0.05) is 6.07 Å². The number of benzene rings is 1. The van der Waals surface area contributed by atoms with Crippen LogP contribution in [-0.4, -0.2) is 18.5 Å². The summed E-state index contributed by atoms with van der Waals surface area (Å²) in [6, 6.07) is 4.69. The van der Waals surface area contributed by atoms with Gasteiger partial charge in [0.2, 0.25) is 0 Å². The number of carbonyl (C=O) groups is 1. The van der Waals surface area contributed by atoms with Gasteiger partial charge in [0.25, 0.3) is 0 Å². The average Bonchev–Trinajstić information content (AvgIpc) is 2.16. The van der Waals surface area contributed by atoms with Crippen LogP contribution in [-0.2, 0) is 4.79 Å². The van der Waals surface area contributed by atoms with Crippen molar-refractivity contribution in [2.45, 2.75) is 0 Å². The van der Waals surface area contributed by atoms with Crippen LogP contribution >= 0.6 is 0 Å². The minimum absolute atomic E-state index is 0.00806. The number of rotatable bonds is 1. The molecular weight excluding hydrogens is 168 g/mol. The van der Waals surface area contributed by atoms with E-state index in [-0.39, 0.29) is 5.75 Å². The molecule has 0 saturated carbocycles. The van der Waals surface area contributed by atoms with Crippen LogP contribution in [0.1, 0.15) is 5.56 Å². The second-order valence-corrected chi connectivity index (χ2v) is 2.27. The minimum atomic E-state index is 0.00806. The lowest BCUT2D eigenvalue weighted by molar-refractivity contribution is -0.103. The zero-order chi connectivity index (χ0) is 9.68. The summed E-state index contributed by atoms with van der Waals surface area (Å²) in [6.07, 6.45) is 0.476. The Morgan fingerprint density at radius 3 is 2.85 bits per heavy atom. The van der Waals surface area contributed by atoms with E-state index in [4.69, 9.17) is 4.74 Å². The molecule has 1 aromatic rings. The van der Waals surface area contributed by atoms with Gasteiger partial charge in [-0.1, -0.05) is 5.92 Å². The van der Waals surface area contributed by atoms with Crippen molar-refractivity contribution >= 4 is 6.29 Å². The molecular formula is C10H8O3. The monoisotopic (exact) mass is 176 g/mol. The van der Waals surface area contributed by atoms with E-state index in [1.54, 1.807) is 12.1 Å². The van der Waals surface area contributed by atoms with Crippen molar-refractivity contribution in [3.8, 4) is 23.3 Å². The zero-order valence-corrected chi connectivity index (χ0v) is 7.07. The Hall–Kier alpha value is -1.95. The molecule has 0 amide bonds. The number of methoxy groups -OCH3 is 1. The van der Waals surface area contributed by atoms with Gasteiger partial charge in [-0.05, 0) is 18.1 Å². The summed E-state index contributed by atoms with van der Waals surface area (Å²) in [5.74, 6) is 5.26. The fourth-order valence-electron chi connectivity index (χ4n) is 0.851. The quantitative estimate of drug-likeness (QED) is 0.512. The van der Waals surface area contributed by atoms with E-state index < -0.39 is 0 Å². The molecule has 0 heterocycles. The highest BCUT2D eigenvalue weighted by Gasteiger charge is 1.98. The highest BCUT2D eigenvalue weighted by Crippen LogP contribution is 2.22. The molecule has 0 bridgehead atoms. The van der Waals surface area contributed by atoms with Crippen molar-refractivity contribution in [2.75, 3.05) is 7.11 Å². The fourth-order valence-corrected chi connectivity index (χ4v) is 0.851. The predicted molar refractivity (Wildman–Crippen MR) is 47.6 cm³/mol. The fraction of sp³-hybridized carbons (Fsp3) is 0.100. The third kappa shape index (κ3) is 2.24. The molecule has 1 rings (SSSR count). The van der Waals surface area contributed by atoms with Crippen LogP contribution in [0.4, 0.5) is 0 Å². The molecule has 0 aliphatic rings. The maximum absolute atomic E-state index is 9.93. The van der Waals surface area contributed by atoms with Gasteiger partial charge in [-0.15, -0.1) is 0 Å². The van der Waals surface area contributed by atoms with E-state index in [1.165, 1.54) is 13.2 Å². The highest BCUT2D eigenvalue weighted by atomic mass is 16.5. The number of phenols is 1. The van der Waals surface area contributed by atoms with E-state index in [0.717, 1.165) is 0 Å². The molecule has 3 nitrogen and oxygen atoms in total. The third-order valence-electron chi connectivity index (χ3n) is 1.47. The Labute approximate surface area is 76.0 Å². The van der Waals surface area contributed by atoms with Crippen LogP contribution in [0, 0.1) is 11.8 Å². The molecule has 0 saturated heterocycles. The first-order chi connectivity index (χ1) is 6.27. The first kappa shape index (κ1) is 9.14. The largest absolute Gasteiger partial charge is 0.507 e. The molecule has 13 heavy (non-hydrogen) atoms. The number of aldehydes is 1. The van der Waals surface area contributed by atoms with Crippen LogP contribution in [0.15, 0.2) is 18.2 Å². The molecule has 0 fully saturated rings. The third-order valence-corrected chi connectivity index (χ3v) is 1.47. The predicted octanol–water partition coefficient (Wildman–Crippen LogP) is 0.951. The molecule has 0 aromatic heterocycles.